The summed E-state index contributed by atoms with van der Waals surface area (Å²) in [6.07, 6.45) is -0.176. The summed E-state index contributed by atoms with van der Waals surface area (Å²) in [5, 5.41) is 11.5. The van der Waals surface area contributed by atoms with E-state index >= 15 is 0 Å². The first-order valence-corrected chi connectivity index (χ1v) is 11.1. The minimum absolute atomic E-state index is 0.255. The quantitative estimate of drug-likeness (QED) is 0.392. The highest BCUT2D eigenvalue weighted by molar-refractivity contribution is 5.83. The number of benzene rings is 3. The van der Waals surface area contributed by atoms with Gasteiger partial charge in [0.2, 0.25) is 0 Å². The van der Waals surface area contributed by atoms with E-state index in [-0.39, 0.29) is 5.56 Å². The van der Waals surface area contributed by atoms with Gasteiger partial charge in [0.25, 0.3) is 5.56 Å². The molecule has 3 aromatic carbocycles. The predicted molar refractivity (Wildman–Crippen MR) is 129 cm³/mol. The number of aromatic nitrogens is 2. The summed E-state index contributed by atoms with van der Waals surface area (Å²) in [6.45, 7) is 2.61. The summed E-state index contributed by atoms with van der Waals surface area (Å²) in [5.74, 6) is 1.07. The van der Waals surface area contributed by atoms with E-state index in [9.17, 15) is 9.90 Å². The zero-order valence-corrected chi connectivity index (χ0v) is 18.8. The first kappa shape index (κ1) is 22.7. The maximum atomic E-state index is 13.0. The SMILES string of the molecule is CCCOc1ccccc1-c1nc2c(C(OC)C(O)Cc3ccccc3)cccc2c(=O)[nH]1. The summed E-state index contributed by atoms with van der Waals surface area (Å²) in [7, 11) is 1.56. The summed E-state index contributed by atoms with van der Waals surface area (Å²) in [5.41, 5.74) is 2.62. The van der Waals surface area contributed by atoms with Gasteiger partial charge < -0.3 is 19.6 Å². The van der Waals surface area contributed by atoms with E-state index in [4.69, 9.17) is 14.5 Å². The molecule has 33 heavy (non-hydrogen) atoms. The molecule has 6 heteroatoms. The average molecular weight is 445 g/mol. The van der Waals surface area contributed by atoms with Crippen molar-refractivity contribution in [1.82, 2.24) is 9.97 Å². The number of fused-ring (bicyclic) bond motifs is 1. The van der Waals surface area contributed by atoms with Crippen LogP contribution < -0.4 is 10.3 Å². The van der Waals surface area contributed by atoms with Crippen molar-refractivity contribution in [2.45, 2.75) is 32.0 Å². The van der Waals surface area contributed by atoms with Crippen LogP contribution in [0, 0.1) is 0 Å². The van der Waals surface area contributed by atoms with Crippen molar-refractivity contribution >= 4 is 10.9 Å². The number of methoxy groups -OCH3 is 1. The Labute approximate surface area is 192 Å². The maximum absolute atomic E-state index is 13.0. The molecule has 0 radical (unpaired) electrons. The van der Waals surface area contributed by atoms with Gasteiger partial charge in [-0.1, -0.05) is 61.5 Å². The molecule has 170 valence electrons. The minimum Gasteiger partial charge on any atom is -0.493 e. The van der Waals surface area contributed by atoms with Gasteiger partial charge in [-0.15, -0.1) is 0 Å². The van der Waals surface area contributed by atoms with Gasteiger partial charge in [-0.05, 0) is 30.2 Å². The van der Waals surface area contributed by atoms with Gasteiger partial charge in [0.05, 0.1) is 29.2 Å². The Bertz CT molecular complexity index is 1270. The molecule has 1 heterocycles. The van der Waals surface area contributed by atoms with Crippen molar-refractivity contribution < 1.29 is 14.6 Å². The monoisotopic (exact) mass is 444 g/mol. The van der Waals surface area contributed by atoms with Crippen LogP contribution in [0.15, 0.2) is 77.6 Å². The molecule has 0 saturated carbocycles. The van der Waals surface area contributed by atoms with Crippen LogP contribution in [0.1, 0.15) is 30.6 Å². The van der Waals surface area contributed by atoms with E-state index in [1.54, 1.807) is 19.2 Å². The lowest BCUT2D eigenvalue weighted by atomic mass is 9.96. The molecular formula is C27H28N2O4. The van der Waals surface area contributed by atoms with Crippen LogP contribution in [0.2, 0.25) is 0 Å². The van der Waals surface area contributed by atoms with Crippen LogP contribution in [0.5, 0.6) is 5.75 Å². The second kappa shape index (κ2) is 10.4. The first-order chi connectivity index (χ1) is 16.1. The lowest BCUT2D eigenvalue weighted by Crippen LogP contribution is -2.24. The van der Waals surface area contributed by atoms with Gasteiger partial charge in [0, 0.05) is 19.1 Å². The number of aliphatic hydroxyl groups excluding tert-OH is 1. The predicted octanol–water partition coefficient (Wildman–Crippen LogP) is 4.67. The molecule has 0 fully saturated rings. The van der Waals surface area contributed by atoms with E-state index in [2.05, 4.69) is 4.98 Å². The Morgan fingerprint density at radius 1 is 1.00 bits per heavy atom. The van der Waals surface area contributed by atoms with Crippen molar-refractivity contribution in [3.63, 3.8) is 0 Å². The molecule has 2 atom stereocenters. The van der Waals surface area contributed by atoms with Crippen molar-refractivity contribution in [3.8, 4) is 17.1 Å². The molecule has 0 aliphatic carbocycles. The molecule has 4 aromatic rings. The molecule has 2 unspecified atom stereocenters. The Kier molecular flexibility index (Phi) is 7.17. The van der Waals surface area contributed by atoms with E-state index in [1.807, 2.05) is 67.6 Å². The Hall–Kier alpha value is -3.48. The highest BCUT2D eigenvalue weighted by Gasteiger charge is 2.25. The van der Waals surface area contributed by atoms with Crippen LogP contribution in [-0.4, -0.2) is 34.9 Å². The lowest BCUT2D eigenvalue weighted by Gasteiger charge is -2.23. The number of para-hydroxylation sites is 2. The van der Waals surface area contributed by atoms with Gasteiger partial charge in [-0.25, -0.2) is 4.98 Å². The van der Waals surface area contributed by atoms with E-state index < -0.39 is 12.2 Å². The molecule has 0 bridgehead atoms. The fourth-order valence-corrected chi connectivity index (χ4v) is 4.00. The minimum atomic E-state index is -0.812. The van der Waals surface area contributed by atoms with Crippen LogP contribution in [0.25, 0.3) is 22.3 Å². The average Bonchev–Trinajstić information content (AvgIpc) is 2.84. The largest absolute Gasteiger partial charge is 0.493 e. The molecule has 0 spiro atoms. The highest BCUT2D eigenvalue weighted by Crippen LogP contribution is 2.31. The number of hydrogen-bond acceptors (Lipinski definition) is 5. The molecule has 0 amide bonds. The smallest absolute Gasteiger partial charge is 0.259 e. The number of nitrogens with zero attached hydrogens (tertiary/aromatic N) is 1. The summed E-state index contributed by atoms with van der Waals surface area (Å²) in [6, 6.07) is 22.6. The van der Waals surface area contributed by atoms with Gasteiger partial charge in [-0.2, -0.15) is 0 Å². The zero-order chi connectivity index (χ0) is 23.2. The summed E-state index contributed by atoms with van der Waals surface area (Å²) in [4.78, 5) is 20.7. The van der Waals surface area contributed by atoms with Crippen LogP contribution in [-0.2, 0) is 11.2 Å². The summed E-state index contributed by atoms with van der Waals surface area (Å²) >= 11 is 0. The third-order valence-corrected chi connectivity index (χ3v) is 5.57. The molecular weight excluding hydrogens is 416 g/mol. The Balaban J connectivity index is 1.79. The zero-order valence-electron chi connectivity index (χ0n) is 18.8. The normalized spacial score (nSPS) is 13.1. The maximum Gasteiger partial charge on any atom is 0.259 e. The molecule has 0 aliphatic heterocycles. The number of aromatic amines is 1. The molecule has 6 nitrogen and oxygen atoms in total. The fourth-order valence-electron chi connectivity index (χ4n) is 4.00. The number of rotatable bonds is 9. The van der Waals surface area contributed by atoms with E-state index in [0.717, 1.165) is 12.0 Å². The number of H-pyrrole nitrogens is 1. The number of nitrogens with one attached hydrogen (secondary N) is 1. The Morgan fingerprint density at radius 3 is 2.52 bits per heavy atom. The molecule has 1 aromatic heterocycles. The van der Waals surface area contributed by atoms with E-state index in [1.165, 1.54) is 0 Å². The second-order valence-corrected chi connectivity index (χ2v) is 7.92. The van der Waals surface area contributed by atoms with Crippen molar-refractivity contribution in [3.05, 3.63) is 94.3 Å². The van der Waals surface area contributed by atoms with Crippen molar-refractivity contribution in [2.24, 2.45) is 0 Å². The van der Waals surface area contributed by atoms with Gasteiger partial charge in [-0.3, -0.25) is 4.79 Å². The van der Waals surface area contributed by atoms with Crippen LogP contribution in [0.3, 0.4) is 0 Å². The van der Waals surface area contributed by atoms with Gasteiger partial charge in [0.15, 0.2) is 0 Å². The number of aliphatic hydroxyl groups is 1. The van der Waals surface area contributed by atoms with Crippen molar-refractivity contribution in [2.75, 3.05) is 13.7 Å². The lowest BCUT2D eigenvalue weighted by molar-refractivity contribution is -0.0121. The number of ether oxygens (including phenoxy) is 2. The molecule has 0 saturated heterocycles. The second-order valence-electron chi connectivity index (χ2n) is 7.92. The highest BCUT2D eigenvalue weighted by atomic mass is 16.5. The fraction of sp³-hybridized carbons (Fsp3) is 0.259. The third kappa shape index (κ3) is 4.97. The third-order valence-electron chi connectivity index (χ3n) is 5.57. The Morgan fingerprint density at radius 2 is 1.76 bits per heavy atom. The molecule has 2 N–H and O–H groups in total. The van der Waals surface area contributed by atoms with Gasteiger partial charge in [0.1, 0.15) is 17.7 Å². The molecule has 0 aliphatic rings. The van der Waals surface area contributed by atoms with Crippen molar-refractivity contribution in [1.29, 1.82) is 0 Å². The van der Waals surface area contributed by atoms with Gasteiger partial charge >= 0.3 is 0 Å². The topological polar surface area (TPSA) is 84.4 Å². The van der Waals surface area contributed by atoms with Crippen LogP contribution >= 0.6 is 0 Å². The standard InChI is InChI=1S/C27H28N2O4/c1-3-16-33-23-15-8-7-12-19(23)26-28-24-20(13-9-14-21(24)27(31)29-26)25(32-2)22(30)17-18-10-5-4-6-11-18/h4-15,22,25,30H,3,16-17H2,1-2H3,(H,28,29,31). The van der Waals surface area contributed by atoms with Crippen LogP contribution in [0.4, 0.5) is 0 Å². The first-order valence-electron chi connectivity index (χ1n) is 11.1. The summed E-state index contributed by atoms with van der Waals surface area (Å²) < 4.78 is 11.6. The number of hydrogen-bond donors (Lipinski definition) is 2. The molecule has 4 rings (SSSR count). The van der Waals surface area contributed by atoms with E-state index in [0.29, 0.717) is 46.6 Å².